The van der Waals surface area contributed by atoms with Crippen LogP contribution in [0.2, 0.25) is 10.0 Å². The van der Waals surface area contributed by atoms with Gasteiger partial charge >= 0.3 is 0 Å². The fourth-order valence-electron chi connectivity index (χ4n) is 2.68. The van der Waals surface area contributed by atoms with Crippen molar-refractivity contribution < 1.29 is 0 Å². The molecule has 2 aromatic rings. The summed E-state index contributed by atoms with van der Waals surface area (Å²) in [5, 5.41) is 7.98. The minimum atomic E-state index is 0.563. The Bertz CT molecular complexity index is 693. The number of anilines is 1. The van der Waals surface area contributed by atoms with Crippen LogP contribution in [0.4, 0.5) is 5.69 Å². The average Bonchev–Trinajstić information content (AvgIpc) is 2.59. The first-order valence-corrected chi connectivity index (χ1v) is 8.44. The zero-order chi connectivity index (χ0) is 16.2. The Balaban J connectivity index is 1.64. The molecule has 1 aliphatic rings. The molecule has 0 saturated carbocycles. The highest BCUT2D eigenvalue weighted by Crippen LogP contribution is 2.23. The molecule has 5 heteroatoms. The Labute approximate surface area is 147 Å². The number of halogens is 2. The maximum absolute atomic E-state index is 6.08. The van der Waals surface area contributed by atoms with Crippen LogP contribution in [0.3, 0.4) is 0 Å². The van der Waals surface area contributed by atoms with E-state index in [1.807, 2.05) is 31.2 Å². The largest absolute Gasteiger partial charge is 0.368 e. The Morgan fingerprint density at radius 2 is 1.61 bits per heavy atom. The summed E-state index contributed by atoms with van der Waals surface area (Å²) in [6, 6.07) is 16.1. The second kappa shape index (κ2) is 7.24. The molecule has 0 atom stereocenters. The minimum Gasteiger partial charge on any atom is -0.368 e. The fraction of sp³-hybridized carbons (Fsp3) is 0.278. The van der Waals surface area contributed by atoms with Gasteiger partial charge in [-0.25, -0.2) is 0 Å². The molecule has 0 N–H and O–H groups in total. The third-order valence-corrected chi connectivity index (χ3v) is 4.75. The van der Waals surface area contributed by atoms with Crippen molar-refractivity contribution in [2.24, 2.45) is 5.10 Å². The molecule has 120 valence electrons. The molecule has 3 rings (SSSR count). The Hall–Kier alpha value is -1.71. The Kier molecular flexibility index (Phi) is 5.09. The van der Waals surface area contributed by atoms with Gasteiger partial charge in [0, 0.05) is 18.8 Å². The predicted octanol–water partition coefficient (Wildman–Crippen LogP) is 4.54. The lowest BCUT2D eigenvalue weighted by Crippen LogP contribution is -2.44. The summed E-state index contributed by atoms with van der Waals surface area (Å²) in [5.74, 6) is 0. The van der Waals surface area contributed by atoms with Crippen LogP contribution in [0.1, 0.15) is 12.5 Å². The zero-order valence-corrected chi connectivity index (χ0v) is 14.6. The third kappa shape index (κ3) is 3.98. The van der Waals surface area contributed by atoms with E-state index >= 15 is 0 Å². The van der Waals surface area contributed by atoms with E-state index in [1.54, 1.807) is 0 Å². The first-order chi connectivity index (χ1) is 11.1. The topological polar surface area (TPSA) is 18.8 Å². The highest BCUT2D eigenvalue weighted by atomic mass is 35.5. The number of rotatable bonds is 3. The van der Waals surface area contributed by atoms with E-state index in [0.29, 0.717) is 10.0 Å². The molecule has 0 aliphatic carbocycles. The molecule has 1 heterocycles. The molecule has 1 aliphatic heterocycles. The van der Waals surface area contributed by atoms with Gasteiger partial charge in [-0.05, 0) is 36.8 Å². The number of hydrazone groups is 1. The number of benzene rings is 2. The van der Waals surface area contributed by atoms with Crippen molar-refractivity contribution in [3.8, 4) is 0 Å². The van der Waals surface area contributed by atoms with E-state index in [9.17, 15) is 0 Å². The van der Waals surface area contributed by atoms with Crippen molar-refractivity contribution in [2.45, 2.75) is 6.92 Å². The van der Waals surface area contributed by atoms with Gasteiger partial charge in [0.05, 0.1) is 28.8 Å². The van der Waals surface area contributed by atoms with Crippen LogP contribution in [0.5, 0.6) is 0 Å². The van der Waals surface area contributed by atoms with Crippen molar-refractivity contribution in [2.75, 3.05) is 31.1 Å². The lowest BCUT2D eigenvalue weighted by molar-refractivity contribution is 0.270. The average molecular weight is 348 g/mol. The SMILES string of the molecule is C/C(=N\N1CCN(c2ccccc2)CC1)c1ccc(Cl)c(Cl)c1. The smallest absolute Gasteiger partial charge is 0.0647 e. The standard InChI is InChI=1S/C18H19Cl2N3/c1-14(15-7-8-17(19)18(20)13-15)21-23-11-9-22(10-12-23)16-5-3-2-4-6-16/h2-8,13H,9-12H2,1H3/b21-14+. The predicted molar refractivity (Wildman–Crippen MR) is 98.9 cm³/mol. The second-order valence-electron chi connectivity index (χ2n) is 5.59. The molecule has 0 spiro atoms. The first kappa shape index (κ1) is 16.2. The minimum absolute atomic E-state index is 0.563. The number of para-hydroxylation sites is 1. The number of nitrogens with zero attached hydrogens (tertiary/aromatic N) is 3. The van der Waals surface area contributed by atoms with E-state index in [2.05, 4.69) is 34.2 Å². The Morgan fingerprint density at radius 1 is 0.913 bits per heavy atom. The van der Waals surface area contributed by atoms with E-state index in [1.165, 1.54) is 5.69 Å². The van der Waals surface area contributed by atoms with Crippen molar-refractivity contribution in [1.29, 1.82) is 0 Å². The maximum Gasteiger partial charge on any atom is 0.0647 e. The normalized spacial score (nSPS) is 15.9. The van der Waals surface area contributed by atoms with Gasteiger partial charge in [0.15, 0.2) is 0 Å². The van der Waals surface area contributed by atoms with Gasteiger partial charge in [0.2, 0.25) is 0 Å². The van der Waals surface area contributed by atoms with Crippen molar-refractivity contribution in [3.63, 3.8) is 0 Å². The van der Waals surface area contributed by atoms with Crippen molar-refractivity contribution >= 4 is 34.6 Å². The molecule has 0 radical (unpaired) electrons. The van der Waals surface area contributed by atoms with E-state index in [-0.39, 0.29) is 0 Å². The van der Waals surface area contributed by atoms with Crippen LogP contribution >= 0.6 is 23.2 Å². The van der Waals surface area contributed by atoms with E-state index in [4.69, 9.17) is 28.3 Å². The molecular weight excluding hydrogens is 329 g/mol. The van der Waals surface area contributed by atoms with Crippen molar-refractivity contribution in [3.05, 3.63) is 64.1 Å². The summed E-state index contributed by atoms with van der Waals surface area (Å²) in [6.45, 7) is 5.77. The molecular formula is C18H19Cl2N3. The molecule has 0 bridgehead atoms. The first-order valence-electron chi connectivity index (χ1n) is 7.69. The fourth-order valence-corrected chi connectivity index (χ4v) is 2.98. The van der Waals surface area contributed by atoms with Crippen LogP contribution in [0, 0.1) is 0 Å². The summed E-state index contributed by atoms with van der Waals surface area (Å²) in [7, 11) is 0. The van der Waals surface area contributed by atoms with Gasteiger partial charge < -0.3 is 4.90 Å². The molecule has 23 heavy (non-hydrogen) atoms. The molecule has 0 unspecified atom stereocenters. The number of hydrogen-bond acceptors (Lipinski definition) is 3. The highest BCUT2D eigenvalue weighted by molar-refractivity contribution is 6.42. The summed E-state index contributed by atoms with van der Waals surface area (Å²) in [4.78, 5) is 2.39. The van der Waals surface area contributed by atoms with Gasteiger partial charge in [0.25, 0.3) is 0 Å². The van der Waals surface area contributed by atoms with Gasteiger partial charge in [-0.3, -0.25) is 5.01 Å². The second-order valence-corrected chi connectivity index (χ2v) is 6.40. The van der Waals surface area contributed by atoms with Gasteiger partial charge in [-0.1, -0.05) is 47.5 Å². The van der Waals surface area contributed by atoms with Crippen LogP contribution in [0.15, 0.2) is 53.6 Å². The summed E-state index contributed by atoms with van der Waals surface area (Å²) >= 11 is 12.0. The maximum atomic E-state index is 6.08. The molecule has 0 aromatic heterocycles. The summed E-state index contributed by atoms with van der Waals surface area (Å²) in [6.07, 6.45) is 0. The number of hydrogen-bond donors (Lipinski definition) is 0. The van der Waals surface area contributed by atoms with Crippen molar-refractivity contribution in [1.82, 2.24) is 5.01 Å². The van der Waals surface area contributed by atoms with Crippen LogP contribution in [-0.4, -0.2) is 36.9 Å². The molecule has 2 aromatic carbocycles. The summed E-state index contributed by atoms with van der Waals surface area (Å²) in [5.41, 5.74) is 3.24. The lowest BCUT2D eigenvalue weighted by Gasteiger charge is -2.34. The zero-order valence-electron chi connectivity index (χ0n) is 13.0. The summed E-state index contributed by atoms with van der Waals surface area (Å²) < 4.78 is 0. The van der Waals surface area contributed by atoms with Gasteiger partial charge in [-0.15, -0.1) is 0 Å². The van der Waals surface area contributed by atoms with Gasteiger partial charge in [0.1, 0.15) is 0 Å². The van der Waals surface area contributed by atoms with Crippen LogP contribution in [0.25, 0.3) is 0 Å². The molecule has 0 amide bonds. The van der Waals surface area contributed by atoms with E-state index in [0.717, 1.165) is 37.5 Å². The van der Waals surface area contributed by atoms with Crippen LogP contribution in [-0.2, 0) is 0 Å². The molecule has 3 nitrogen and oxygen atoms in total. The molecule has 1 fully saturated rings. The quantitative estimate of drug-likeness (QED) is 0.759. The highest BCUT2D eigenvalue weighted by Gasteiger charge is 2.16. The van der Waals surface area contributed by atoms with E-state index < -0.39 is 0 Å². The molecule has 1 saturated heterocycles. The lowest BCUT2D eigenvalue weighted by atomic mass is 10.1. The third-order valence-electron chi connectivity index (χ3n) is 4.01. The Morgan fingerprint density at radius 3 is 2.26 bits per heavy atom. The van der Waals surface area contributed by atoms with Crippen LogP contribution < -0.4 is 4.90 Å². The monoisotopic (exact) mass is 347 g/mol. The number of piperazine rings is 1. The van der Waals surface area contributed by atoms with Gasteiger partial charge in [-0.2, -0.15) is 5.10 Å².